The molecule has 0 aliphatic heterocycles. The van der Waals surface area contributed by atoms with Crippen molar-refractivity contribution in [2.24, 2.45) is 7.05 Å². The van der Waals surface area contributed by atoms with Gasteiger partial charge < -0.3 is 14.4 Å². The second kappa shape index (κ2) is 9.43. The molecular formula is C25H27N2O4+. The number of esters is 1. The summed E-state index contributed by atoms with van der Waals surface area (Å²) in [7, 11) is 5.02. The van der Waals surface area contributed by atoms with E-state index in [9.17, 15) is 9.59 Å². The fourth-order valence-corrected chi connectivity index (χ4v) is 3.29. The summed E-state index contributed by atoms with van der Waals surface area (Å²) in [6, 6.07) is 22.6. The fraction of sp³-hybridized carbons (Fsp3) is 0.240. The first-order chi connectivity index (χ1) is 14.8. The molecule has 0 N–H and O–H groups in total. The van der Waals surface area contributed by atoms with Crippen molar-refractivity contribution in [3.8, 4) is 5.75 Å². The van der Waals surface area contributed by atoms with Gasteiger partial charge in [0.05, 0.1) is 0 Å². The van der Waals surface area contributed by atoms with Crippen LogP contribution in [0.1, 0.15) is 23.7 Å². The number of carbonyl (C=O) groups is 2. The monoisotopic (exact) mass is 418 g/mol. The highest BCUT2D eigenvalue weighted by atomic mass is 16.6. The molecule has 0 bridgehead atoms. The average Bonchev–Trinajstić information content (AvgIpc) is 2.79. The Morgan fingerprint density at radius 3 is 1.97 bits per heavy atom. The van der Waals surface area contributed by atoms with Crippen molar-refractivity contribution in [1.29, 1.82) is 0 Å². The Balaban J connectivity index is 1.90. The Kier molecular flexibility index (Phi) is 6.70. The Labute approximate surface area is 182 Å². The SMILES string of the molecule is CN(C)C(=O)Oc1ccc[n+]([11CH3])c1COC(=O)C(C)(c1ccccc1)c1ccccc1. The maximum absolute atomic E-state index is 13.4. The van der Waals surface area contributed by atoms with E-state index in [0.29, 0.717) is 11.4 Å². The van der Waals surface area contributed by atoms with Crippen LogP contribution >= 0.6 is 0 Å². The summed E-state index contributed by atoms with van der Waals surface area (Å²) in [5.41, 5.74) is 1.26. The zero-order valence-corrected chi connectivity index (χ0v) is 18.2. The number of rotatable bonds is 6. The maximum Gasteiger partial charge on any atom is 0.414 e. The van der Waals surface area contributed by atoms with Gasteiger partial charge in [-0.05, 0) is 24.1 Å². The molecule has 31 heavy (non-hydrogen) atoms. The first kappa shape index (κ1) is 22.0. The number of carbonyl (C=O) groups excluding carboxylic acids is 2. The lowest BCUT2D eigenvalue weighted by Gasteiger charge is -2.28. The van der Waals surface area contributed by atoms with Crippen molar-refractivity contribution >= 4 is 12.1 Å². The molecule has 0 unspecified atom stereocenters. The van der Waals surface area contributed by atoms with Crippen LogP contribution in [0.3, 0.4) is 0 Å². The predicted octanol–water partition coefficient (Wildman–Crippen LogP) is 3.62. The van der Waals surface area contributed by atoms with E-state index < -0.39 is 17.5 Å². The van der Waals surface area contributed by atoms with Gasteiger partial charge in [0.15, 0.2) is 12.8 Å². The Bertz CT molecular complexity index is 1010. The zero-order valence-electron chi connectivity index (χ0n) is 18.2. The molecule has 1 amide bonds. The second-order valence-electron chi connectivity index (χ2n) is 7.63. The number of nitrogens with zero attached hydrogens (tertiary/aromatic N) is 2. The molecule has 0 aliphatic carbocycles. The molecule has 6 heteroatoms. The van der Waals surface area contributed by atoms with Crippen molar-refractivity contribution in [3.63, 3.8) is 0 Å². The summed E-state index contributed by atoms with van der Waals surface area (Å²) in [5, 5.41) is 0. The normalized spacial score (nSPS) is 11.0. The van der Waals surface area contributed by atoms with Crippen molar-refractivity contribution in [1.82, 2.24) is 4.90 Å². The molecule has 0 aliphatic rings. The second-order valence-corrected chi connectivity index (χ2v) is 7.63. The van der Waals surface area contributed by atoms with Gasteiger partial charge in [0.25, 0.3) is 5.69 Å². The molecule has 0 atom stereocenters. The van der Waals surface area contributed by atoms with Crippen LogP contribution in [-0.4, -0.2) is 31.1 Å². The molecule has 0 radical (unpaired) electrons. The third-order valence-corrected chi connectivity index (χ3v) is 5.28. The number of benzene rings is 2. The molecule has 0 saturated carbocycles. The van der Waals surface area contributed by atoms with E-state index in [1.165, 1.54) is 4.90 Å². The van der Waals surface area contributed by atoms with Crippen LogP contribution < -0.4 is 9.30 Å². The predicted molar refractivity (Wildman–Crippen MR) is 116 cm³/mol. The highest BCUT2D eigenvalue weighted by molar-refractivity contribution is 5.87. The van der Waals surface area contributed by atoms with Crippen LogP contribution in [0.4, 0.5) is 4.79 Å². The van der Waals surface area contributed by atoms with E-state index >= 15 is 0 Å². The van der Waals surface area contributed by atoms with Crippen molar-refractivity contribution in [3.05, 3.63) is 95.8 Å². The maximum atomic E-state index is 13.4. The number of hydrogen-bond donors (Lipinski definition) is 0. The van der Waals surface area contributed by atoms with Crippen molar-refractivity contribution < 1.29 is 23.6 Å². The summed E-state index contributed by atoms with van der Waals surface area (Å²) in [5.74, 6) is -0.0451. The van der Waals surface area contributed by atoms with Gasteiger partial charge in [-0.1, -0.05) is 60.7 Å². The molecule has 160 valence electrons. The van der Waals surface area contributed by atoms with Gasteiger partial charge in [-0.15, -0.1) is 0 Å². The number of ether oxygens (including phenoxy) is 2. The number of aryl methyl sites for hydroxylation is 1. The largest absolute Gasteiger partial charge is 0.453 e. The first-order valence-corrected chi connectivity index (χ1v) is 9.99. The highest BCUT2D eigenvalue weighted by Crippen LogP contribution is 2.33. The standard InChI is InChI=1S/C25H27N2O4/c1-25(19-12-7-5-8-13-19,20-14-9-6-10-15-20)23(28)30-18-21-22(16-11-17-27(21)4)31-24(29)26(2)3/h5-17H,18H2,1-4H3/q+1/i4-1. The van der Waals surface area contributed by atoms with Gasteiger partial charge in [-0.25, -0.2) is 4.79 Å². The Morgan fingerprint density at radius 2 is 1.45 bits per heavy atom. The Morgan fingerprint density at radius 1 is 0.903 bits per heavy atom. The van der Waals surface area contributed by atoms with Crippen LogP contribution in [0.25, 0.3) is 0 Å². The van der Waals surface area contributed by atoms with E-state index in [2.05, 4.69) is 0 Å². The number of pyridine rings is 1. The molecule has 3 aromatic rings. The molecular weight excluding hydrogens is 391 g/mol. The van der Waals surface area contributed by atoms with E-state index in [1.54, 1.807) is 30.8 Å². The van der Waals surface area contributed by atoms with Gasteiger partial charge in [0, 0.05) is 20.2 Å². The molecule has 1 heterocycles. The lowest BCUT2D eigenvalue weighted by atomic mass is 9.76. The minimum atomic E-state index is -0.990. The molecule has 0 saturated heterocycles. The van der Waals surface area contributed by atoms with E-state index in [1.807, 2.05) is 80.8 Å². The molecule has 0 spiro atoms. The summed E-state index contributed by atoms with van der Waals surface area (Å²) in [6.45, 7) is 1.82. The van der Waals surface area contributed by atoms with Crippen molar-refractivity contribution in [2.75, 3.05) is 14.1 Å². The third kappa shape index (κ3) is 4.74. The lowest BCUT2D eigenvalue weighted by Crippen LogP contribution is -2.39. The first-order valence-electron chi connectivity index (χ1n) is 9.99. The van der Waals surface area contributed by atoms with E-state index in [0.717, 1.165) is 11.1 Å². The zero-order chi connectivity index (χ0) is 22.4. The lowest BCUT2D eigenvalue weighted by molar-refractivity contribution is -0.681. The fourth-order valence-electron chi connectivity index (χ4n) is 3.29. The smallest absolute Gasteiger partial charge is 0.414 e. The van der Waals surface area contributed by atoms with Gasteiger partial charge in [-0.3, -0.25) is 4.79 Å². The Hall–Kier alpha value is -3.67. The molecule has 0 fully saturated rings. The van der Waals surface area contributed by atoms with Gasteiger partial charge in [-0.2, -0.15) is 4.57 Å². The summed E-state index contributed by atoms with van der Waals surface area (Å²) < 4.78 is 13.0. The van der Waals surface area contributed by atoms with Crippen LogP contribution in [0.2, 0.25) is 0 Å². The van der Waals surface area contributed by atoms with Crippen LogP contribution in [0.15, 0.2) is 79.0 Å². The molecule has 1 aromatic heterocycles. The highest BCUT2D eigenvalue weighted by Gasteiger charge is 2.39. The van der Waals surface area contributed by atoms with Crippen LogP contribution in [0, 0.1) is 0 Å². The summed E-state index contributed by atoms with van der Waals surface area (Å²) in [4.78, 5) is 26.8. The topological polar surface area (TPSA) is 59.7 Å². The number of amides is 1. The van der Waals surface area contributed by atoms with Crippen LogP contribution in [0.5, 0.6) is 5.75 Å². The molecule has 3 rings (SSSR count). The minimum Gasteiger partial charge on any atom is -0.453 e. The van der Waals surface area contributed by atoms with Gasteiger partial charge in [0.1, 0.15) is 12.5 Å². The average molecular weight is 419 g/mol. The summed E-state index contributed by atoms with van der Waals surface area (Å²) >= 11 is 0. The number of aromatic nitrogens is 1. The van der Waals surface area contributed by atoms with E-state index in [-0.39, 0.29) is 6.61 Å². The third-order valence-electron chi connectivity index (χ3n) is 5.28. The summed E-state index contributed by atoms with van der Waals surface area (Å²) in [6.07, 6.45) is 1.31. The quantitative estimate of drug-likeness (QED) is 0.453. The number of hydrogen-bond acceptors (Lipinski definition) is 4. The molecule has 6 nitrogen and oxygen atoms in total. The minimum absolute atomic E-state index is 0.0402. The van der Waals surface area contributed by atoms with Crippen molar-refractivity contribution in [2.45, 2.75) is 18.9 Å². The van der Waals surface area contributed by atoms with E-state index in [4.69, 9.17) is 9.47 Å². The van der Waals surface area contributed by atoms with Gasteiger partial charge in [0.2, 0.25) is 5.75 Å². The van der Waals surface area contributed by atoms with Gasteiger partial charge >= 0.3 is 12.1 Å². The molecule has 2 aromatic carbocycles. The van der Waals surface area contributed by atoms with Crippen LogP contribution in [-0.2, 0) is 28.6 Å².